The summed E-state index contributed by atoms with van der Waals surface area (Å²) in [6, 6.07) is 2.67. The smallest absolute Gasteiger partial charge is 0.143 e. The molecule has 3 N–H and O–H groups in total. The highest BCUT2D eigenvalue weighted by atomic mass is 35.5. The number of rotatable bonds is 3. The SMILES string of the molecule is Nc1cc(Cl)c(F)cc1NCc1cscn1. The molecule has 0 fully saturated rings. The average Bonchev–Trinajstić information content (AvgIpc) is 2.74. The maximum absolute atomic E-state index is 13.2. The van der Waals surface area contributed by atoms with E-state index in [1.807, 2.05) is 5.38 Å². The zero-order valence-electron chi connectivity index (χ0n) is 8.21. The predicted octanol–water partition coefficient (Wildman–Crippen LogP) is 3.13. The Kier molecular flexibility index (Phi) is 3.26. The molecule has 0 aliphatic rings. The van der Waals surface area contributed by atoms with Crippen LogP contribution >= 0.6 is 22.9 Å². The number of thiazole rings is 1. The van der Waals surface area contributed by atoms with Crippen molar-refractivity contribution < 1.29 is 4.39 Å². The number of anilines is 2. The number of hydrogen-bond acceptors (Lipinski definition) is 4. The molecule has 0 atom stereocenters. The first-order valence-electron chi connectivity index (χ1n) is 4.52. The minimum absolute atomic E-state index is 0.0247. The molecule has 84 valence electrons. The Labute approximate surface area is 101 Å². The van der Waals surface area contributed by atoms with E-state index in [0.717, 1.165) is 5.69 Å². The monoisotopic (exact) mass is 257 g/mol. The van der Waals surface area contributed by atoms with Crippen molar-refractivity contribution in [2.75, 3.05) is 11.1 Å². The molecule has 0 amide bonds. The van der Waals surface area contributed by atoms with Gasteiger partial charge < -0.3 is 11.1 Å². The summed E-state index contributed by atoms with van der Waals surface area (Å²) in [5, 5.41) is 4.94. The van der Waals surface area contributed by atoms with Gasteiger partial charge in [0.25, 0.3) is 0 Å². The molecule has 3 nitrogen and oxygen atoms in total. The van der Waals surface area contributed by atoms with Crippen LogP contribution < -0.4 is 11.1 Å². The fourth-order valence-electron chi connectivity index (χ4n) is 1.23. The van der Waals surface area contributed by atoms with Gasteiger partial charge in [-0.25, -0.2) is 9.37 Å². The number of hydrogen-bond donors (Lipinski definition) is 2. The molecule has 0 spiro atoms. The lowest BCUT2D eigenvalue weighted by Crippen LogP contribution is -2.03. The van der Waals surface area contributed by atoms with Gasteiger partial charge in [-0.2, -0.15) is 0 Å². The summed E-state index contributed by atoms with van der Waals surface area (Å²) in [6.45, 7) is 0.509. The van der Waals surface area contributed by atoms with Crippen molar-refractivity contribution in [2.24, 2.45) is 0 Å². The Balaban J connectivity index is 2.12. The van der Waals surface area contributed by atoms with Crippen LogP contribution in [0.15, 0.2) is 23.0 Å². The van der Waals surface area contributed by atoms with Crippen LogP contribution in [0.25, 0.3) is 0 Å². The molecular formula is C10H9ClFN3S. The Bertz CT molecular complexity index is 487. The summed E-state index contributed by atoms with van der Waals surface area (Å²) in [4.78, 5) is 4.10. The van der Waals surface area contributed by atoms with E-state index in [-0.39, 0.29) is 5.02 Å². The maximum Gasteiger partial charge on any atom is 0.143 e. The van der Waals surface area contributed by atoms with Gasteiger partial charge >= 0.3 is 0 Å². The number of nitrogens with zero attached hydrogens (tertiary/aromatic N) is 1. The second-order valence-electron chi connectivity index (χ2n) is 3.19. The lowest BCUT2D eigenvalue weighted by Gasteiger charge is -2.08. The van der Waals surface area contributed by atoms with E-state index in [4.69, 9.17) is 17.3 Å². The molecule has 0 saturated carbocycles. The van der Waals surface area contributed by atoms with Gasteiger partial charge in [-0.3, -0.25) is 0 Å². The first kappa shape index (κ1) is 11.2. The van der Waals surface area contributed by atoms with E-state index in [2.05, 4.69) is 10.3 Å². The van der Waals surface area contributed by atoms with Gasteiger partial charge in [0.2, 0.25) is 0 Å². The second-order valence-corrected chi connectivity index (χ2v) is 4.31. The number of benzene rings is 1. The van der Waals surface area contributed by atoms with Gasteiger partial charge in [0.1, 0.15) is 5.82 Å². The largest absolute Gasteiger partial charge is 0.397 e. The van der Waals surface area contributed by atoms with Crippen molar-refractivity contribution in [1.29, 1.82) is 0 Å². The van der Waals surface area contributed by atoms with E-state index in [1.165, 1.54) is 23.5 Å². The van der Waals surface area contributed by atoms with Crippen LogP contribution in [0, 0.1) is 5.82 Å². The van der Waals surface area contributed by atoms with E-state index >= 15 is 0 Å². The fraction of sp³-hybridized carbons (Fsp3) is 0.100. The van der Waals surface area contributed by atoms with Crippen LogP contribution in [0.3, 0.4) is 0 Å². The first-order valence-corrected chi connectivity index (χ1v) is 5.84. The topological polar surface area (TPSA) is 50.9 Å². The highest BCUT2D eigenvalue weighted by molar-refractivity contribution is 7.07. The molecule has 0 saturated heterocycles. The van der Waals surface area contributed by atoms with E-state index < -0.39 is 5.82 Å². The van der Waals surface area contributed by atoms with E-state index in [1.54, 1.807) is 5.51 Å². The minimum Gasteiger partial charge on any atom is -0.397 e. The Morgan fingerprint density at radius 1 is 1.50 bits per heavy atom. The van der Waals surface area contributed by atoms with Crippen molar-refractivity contribution in [1.82, 2.24) is 4.98 Å². The molecule has 0 aliphatic heterocycles. The molecule has 16 heavy (non-hydrogen) atoms. The molecule has 0 radical (unpaired) electrons. The molecule has 1 aromatic carbocycles. The third kappa shape index (κ3) is 2.43. The number of nitrogens with two attached hydrogens (primary N) is 1. The first-order chi connectivity index (χ1) is 7.66. The molecule has 2 aromatic rings. The zero-order chi connectivity index (χ0) is 11.5. The lowest BCUT2D eigenvalue weighted by molar-refractivity contribution is 0.629. The fourth-order valence-corrected chi connectivity index (χ4v) is 1.96. The average molecular weight is 258 g/mol. The summed E-state index contributed by atoms with van der Waals surface area (Å²) >= 11 is 7.10. The van der Waals surface area contributed by atoms with Crippen LogP contribution in [0.2, 0.25) is 5.02 Å². The Morgan fingerprint density at radius 3 is 3.00 bits per heavy atom. The summed E-state index contributed by atoms with van der Waals surface area (Å²) in [7, 11) is 0. The van der Waals surface area contributed by atoms with Crippen LogP contribution in [0.5, 0.6) is 0 Å². The lowest BCUT2D eigenvalue weighted by atomic mass is 10.2. The van der Waals surface area contributed by atoms with Crippen molar-refractivity contribution in [2.45, 2.75) is 6.54 Å². The Hall–Kier alpha value is -1.33. The van der Waals surface area contributed by atoms with Crippen LogP contribution in [0.1, 0.15) is 5.69 Å². The highest BCUT2D eigenvalue weighted by Gasteiger charge is 2.06. The third-order valence-corrected chi connectivity index (χ3v) is 2.96. The van der Waals surface area contributed by atoms with Crippen LogP contribution in [-0.4, -0.2) is 4.98 Å². The number of aromatic nitrogens is 1. The standard InChI is InChI=1S/C10H9ClFN3S/c11-7-1-9(13)10(2-8(7)12)14-3-6-4-16-5-15-6/h1-2,4-5,14H,3,13H2. The number of nitrogen functional groups attached to an aromatic ring is 1. The maximum atomic E-state index is 13.2. The molecule has 1 aromatic heterocycles. The van der Waals surface area contributed by atoms with Crippen molar-refractivity contribution in [3.05, 3.63) is 39.6 Å². The summed E-state index contributed by atoms with van der Waals surface area (Å²) in [5.74, 6) is -0.489. The molecule has 2 rings (SSSR count). The van der Waals surface area contributed by atoms with E-state index in [0.29, 0.717) is 17.9 Å². The normalized spacial score (nSPS) is 10.4. The molecule has 6 heteroatoms. The van der Waals surface area contributed by atoms with Gasteiger partial charge in [0.15, 0.2) is 0 Å². The quantitative estimate of drug-likeness (QED) is 0.831. The van der Waals surface area contributed by atoms with Crippen molar-refractivity contribution >= 4 is 34.3 Å². The molecule has 0 unspecified atom stereocenters. The summed E-state index contributed by atoms with van der Waals surface area (Å²) < 4.78 is 13.2. The van der Waals surface area contributed by atoms with Crippen molar-refractivity contribution in [3.8, 4) is 0 Å². The van der Waals surface area contributed by atoms with E-state index in [9.17, 15) is 4.39 Å². The molecule has 0 bridgehead atoms. The van der Waals surface area contributed by atoms with Gasteiger partial charge in [-0.05, 0) is 6.07 Å². The number of halogens is 2. The van der Waals surface area contributed by atoms with Crippen molar-refractivity contribution in [3.63, 3.8) is 0 Å². The molecule has 0 aliphatic carbocycles. The van der Waals surface area contributed by atoms with Gasteiger partial charge in [0, 0.05) is 11.4 Å². The predicted molar refractivity (Wildman–Crippen MR) is 65.3 cm³/mol. The summed E-state index contributed by atoms with van der Waals surface area (Å²) in [6.07, 6.45) is 0. The number of nitrogens with one attached hydrogen (secondary N) is 1. The van der Waals surface area contributed by atoms with Gasteiger partial charge in [-0.1, -0.05) is 11.6 Å². The van der Waals surface area contributed by atoms with Crippen LogP contribution in [-0.2, 0) is 6.54 Å². The molecular weight excluding hydrogens is 249 g/mol. The van der Waals surface area contributed by atoms with Gasteiger partial charge in [0.05, 0.1) is 34.1 Å². The Morgan fingerprint density at radius 2 is 2.31 bits per heavy atom. The third-order valence-electron chi connectivity index (χ3n) is 2.04. The second kappa shape index (κ2) is 4.67. The summed E-state index contributed by atoms with van der Waals surface area (Å²) in [5.41, 5.74) is 9.27. The van der Waals surface area contributed by atoms with Crippen LogP contribution in [0.4, 0.5) is 15.8 Å². The zero-order valence-corrected chi connectivity index (χ0v) is 9.78. The molecule has 1 heterocycles. The minimum atomic E-state index is -0.489. The van der Waals surface area contributed by atoms with Gasteiger partial charge in [-0.15, -0.1) is 11.3 Å². The highest BCUT2D eigenvalue weighted by Crippen LogP contribution is 2.26.